The van der Waals surface area contributed by atoms with Gasteiger partial charge in [-0.05, 0) is 18.9 Å². The first-order valence-corrected chi connectivity index (χ1v) is 9.16. The Hall–Kier alpha value is -2.82. The maximum atomic E-state index is 13.7. The van der Waals surface area contributed by atoms with E-state index in [4.69, 9.17) is 4.74 Å². The standard InChI is InChI=1S/C18H20F3N5O3/c1-29-13-4-2-3-11(22-13)26-7-5-10(6-8-26)15-14-16(25-24-15)23-12(27)9-17(14,28)18(19,20)21/h2-4,10,28H,5-9H2,1H3,(H2,23,24,25,27). The van der Waals surface area contributed by atoms with Crippen LogP contribution in [0.1, 0.15) is 36.4 Å². The number of H-pyrrole nitrogens is 1. The fourth-order valence-electron chi connectivity index (χ4n) is 3.99. The molecule has 8 nitrogen and oxygen atoms in total. The first kappa shape index (κ1) is 19.5. The van der Waals surface area contributed by atoms with Gasteiger partial charge in [-0.25, -0.2) is 0 Å². The van der Waals surface area contributed by atoms with E-state index in [9.17, 15) is 23.1 Å². The Balaban J connectivity index is 1.58. The van der Waals surface area contributed by atoms with Crippen LogP contribution in [0, 0.1) is 0 Å². The molecule has 11 heteroatoms. The summed E-state index contributed by atoms with van der Waals surface area (Å²) in [4.78, 5) is 18.1. The highest BCUT2D eigenvalue weighted by molar-refractivity contribution is 5.94. The lowest BCUT2D eigenvalue weighted by Gasteiger charge is -2.37. The van der Waals surface area contributed by atoms with Crippen molar-refractivity contribution in [1.82, 2.24) is 15.2 Å². The van der Waals surface area contributed by atoms with E-state index in [0.717, 1.165) is 5.82 Å². The Bertz CT molecular complexity index is 924. The van der Waals surface area contributed by atoms with Crippen molar-refractivity contribution in [3.8, 4) is 5.88 Å². The number of aliphatic hydroxyl groups is 1. The predicted molar refractivity (Wildman–Crippen MR) is 96.8 cm³/mol. The van der Waals surface area contributed by atoms with Crippen molar-refractivity contribution in [3.63, 3.8) is 0 Å². The highest BCUT2D eigenvalue weighted by Gasteiger charge is 2.61. The second kappa shape index (κ2) is 6.90. The quantitative estimate of drug-likeness (QED) is 0.716. The maximum absolute atomic E-state index is 13.7. The number of piperidine rings is 1. The van der Waals surface area contributed by atoms with E-state index >= 15 is 0 Å². The third-order valence-electron chi connectivity index (χ3n) is 5.50. The molecule has 1 atom stereocenters. The van der Waals surface area contributed by atoms with E-state index in [1.165, 1.54) is 7.11 Å². The molecule has 2 aromatic heterocycles. The van der Waals surface area contributed by atoms with Crippen LogP contribution in [-0.4, -0.2) is 52.6 Å². The molecule has 1 unspecified atom stereocenters. The Morgan fingerprint density at radius 1 is 1.31 bits per heavy atom. The van der Waals surface area contributed by atoms with Gasteiger partial charge in [0.05, 0.1) is 19.1 Å². The normalized spacial score (nSPS) is 22.9. The van der Waals surface area contributed by atoms with Crippen molar-refractivity contribution < 1.29 is 27.8 Å². The molecular weight excluding hydrogens is 391 g/mol. The fourth-order valence-corrected chi connectivity index (χ4v) is 3.99. The number of nitrogens with zero attached hydrogens (tertiary/aromatic N) is 3. The fraction of sp³-hybridized carbons (Fsp3) is 0.500. The van der Waals surface area contributed by atoms with Gasteiger partial charge >= 0.3 is 6.18 Å². The number of halogens is 3. The lowest BCUT2D eigenvalue weighted by molar-refractivity contribution is -0.267. The lowest BCUT2D eigenvalue weighted by Crippen LogP contribution is -2.48. The summed E-state index contributed by atoms with van der Waals surface area (Å²) >= 11 is 0. The Kier molecular flexibility index (Phi) is 4.64. The van der Waals surface area contributed by atoms with Crippen molar-refractivity contribution in [2.75, 3.05) is 30.4 Å². The molecule has 0 aliphatic carbocycles. The van der Waals surface area contributed by atoms with Crippen molar-refractivity contribution >= 4 is 17.5 Å². The number of pyridine rings is 1. The topological polar surface area (TPSA) is 103 Å². The molecule has 2 aliphatic rings. The summed E-state index contributed by atoms with van der Waals surface area (Å²) in [6.07, 6.45) is -5.00. The predicted octanol–water partition coefficient (Wildman–Crippen LogP) is 2.29. The smallest absolute Gasteiger partial charge is 0.422 e. The summed E-state index contributed by atoms with van der Waals surface area (Å²) in [7, 11) is 1.53. The van der Waals surface area contributed by atoms with Gasteiger partial charge in [0.15, 0.2) is 11.4 Å². The molecule has 2 aromatic rings. The van der Waals surface area contributed by atoms with Crippen LogP contribution in [0.25, 0.3) is 0 Å². The van der Waals surface area contributed by atoms with Crippen LogP contribution in [0.15, 0.2) is 18.2 Å². The molecule has 1 fully saturated rings. The van der Waals surface area contributed by atoms with Crippen LogP contribution in [-0.2, 0) is 10.4 Å². The van der Waals surface area contributed by atoms with Crippen molar-refractivity contribution in [2.24, 2.45) is 0 Å². The van der Waals surface area contributed by atoms with Crippen LogP contribution in [0.4, 0.5) is 24.8 Å². The first-order chi connectivity index (χ1) is 13.7. The molecule has 4 rings (SSSR count). The summed E-state index contributed by atoms with van der Waals surface area (Å²) < 4.78 is 46.1. The number of aromatic nitrogens is 3. The average molecular weight is 411 g/mol. The molecule has 0 saturated carbocycles. The summed E-state index contributed by atoms with van der Waals surface area (Å²) in [5.41, 5.74) is -3.40. The summed E-state index contributed by atoms with van der Waals surface area (Å²) in [6, 6.07) is 5.41. The molecule has 0 bridgehead atoms. The van der Waals surface area contributed by atoms with E-state index in [1.54, 1.807) is 6.07 Å². The van der Waals surface area contributed by atoms with E-state index in [-0.39, 0.29) is 23.0 Å². The number of nitrogens with one attached hydrogen (secondary N) is 2. The first-order valence-electron chi connectivity index (χ1n) is 9.16. The number of ether oxygens (including phenoxy) is 1. The minimum absolute atomic E-state index is 0.220. The number of fused-ring (bicyclic) bond motifs is 1. The van der Waals surface area contributed by atoms with Gasteiger partial charge in [0.2, 0.25) is 11.8 Å². The van der Waals surface area contributed by atoms with Crippen LogP contribution in [0.2, 0.25) is 0 Å². The number of carbonyl (C=O) groups is 1. The molecule has 0 aromatic carbocycles. The van der Waals surface area contributed by atoms with E-state index < -0.39 is 24.1 Å². The molecule has 1 amide bonds. The van der Waals surface area contributed by atoms with E-state index in [2.05, 4.69) is 20.5 Å². The number of aromatic amines is 1. The van der Waals surface area contributed by atoms with Gasteiger partial charge in [0.1, 0.15) is 5.82 Å². The van der Waals surface area contributed by atoms with E-state index in [1.807, 2.05) is 17.0 Å². The lowest BCUT2D eigenvalue weighted by atomic mass is 9.81. The molecule has 2 aliphatic heterocycles. The molecule has 156 valence electrons. The number of alkyl halides is 3. The third kappa shape index (κ3) is 3.28. The van der Waals surface area contributed by atoms with Gasteiger partial charge in [-0.3, -0.25) is 9.89 Å². The molecule has 29 heavy (non-hydrogen) atoms. The number of hydrogen-bond acceptors (Lipinski definition) is 6. The maximum Gasteiger partial charge on any atom is 0.422 e. The van der Waals surface area contributed by atoms with E-state index in [0.29, 0.717) is 31.8 Å². The molecule has 3 N–H and O–H groups in total. The summed E-state index contributed by atoms with van der Waals surface area (Å²) in [6.45, 7) is 1.13. The van der Waals surface area contributed by atoms with Gasteiger partial charge < -0.3 is 20.1 Å². The second-order valence-corrected chi connectivity index (χ2v) is 7.24. The largest absolute Gasteiger partial charge is 0.481 e. The van der Waals surface area contributed by atoms with Gasteiger partial charge in [-0.2, -0.15) is 23.3 Å². The number of hydrogen-bond donors (Lipinski definition) is 3. The number of methoxy groups -OCH3 is 1. The second-order valence-electron chi connectivity index (χ2n) is 7.24. The van der Waals surface area contributed by atoms with Crippen LogP contribution < -0.4 is 15.0 Å². The number of carbonyl (C=O) groups excluding carboxylic acids is 1. The number of amides is 1. The third-order valence-corrected chi connectivity index (χ3v) is 5.50. The number of rotatable bonds is 3. The zero-order valence-electron chi connectivity index (χ0n) is 15.6. The Labute approximate surface area is 164 Å². The summed E-state index contributed by atoms with van der Waals surface area (Å²) in [5, 5.41) is 19.2. The van der Waals surface area contributed by atoms with Crippen molar-refractivity contribution in [1.29, 1.82) is 0 Å². The molecule has 0 radical (unpaired) electrons. The van der Waals surface area contributed by atoms with Crippen LogP contribution >= 0.6 is 0 Å². The highest BCUT2D eigenvalue weighted by Crippen LogP contribution is 2.49. The SMILES string of the molecule is COc1cccc(N2CCC(c3[nH]nc4c3C(O)(C(F)(F)F)CC(=O)N4)CC2)n1. The van der Waals surface area contributed by atoms with Gasteiger partial charge in [0.25, 0.3) is 0 Å². The molecule has 4 heterocycles. The van der Waals surface area contributed by atoms with Crippen molar-refractivity contribution in [3.05, 3.63) is 29.5 Å². The monoisotopic (exact) mass is 411 g/mol. The van der Waals surface area contributed by atoms with Gasteiger partial charge in [-0.1, -0.05) is 6.07 Å². The average Bonchev–Trinajstić information content (AvgIpc) is 3.11. The minimum Gasteiger partial charge on any atom is -0.481 e. The van der Waals surface area contributed by atoms with Crippen LogP contribution in [0.5, 0.6) is 5.88 Å². The molecular formula is C18H20F3N5O3. The van der Waals surface area contributed by atoms with Crippen LogP contribution in [0.3, 0.4) is 0 Å². The Morgan fingerprint density at radius 3 is 2.69 bits per heavy atom. The molecule has 0 spiro atoms. The highest BCUT2D eigenvalue weighted by atomic mass is 19.4. The zero-order valence-corrected chi connectivity index (χ0v) is 15.6. The van der Waals surface area contributed by atoms with Gasteiger partial charge in [-0.15, -0.1) is 0 Å². The Morgan fingerprint density at radius 2 is 2.03 bits per heavy atom. The molecule has 1 saturated heterocycles. The van der Waals surface area contributed by atoms with Crippen molar-refractivity contribution in [2.45, 2.75) is 37.0 Å². The summed E-state index contributed by atoms with van der Waals surface area (Å²) in [5.74, 6) is -0.231. The minimum atomic E-state index is -5.00. The zero-order chi connectivity index (χ0) is 20.8. The number of anilines is 2. The van der Waals surface area contributed by atoms with Gasteiger partial charge in [0, 0.05) is 30.8 Å².